The van der Waals surface area contributed by atoms with E-state index in [1.165, 1.54) is 18.2 Å². The standard InChI is InChI=1S/C13H19NO4/c1-2-3-6-13(14,12(17)18)8-9-7-10(15)4-5-11(9)16/h4-5,7,15-16H,2-3,6,8,14H2,1H3,(H,17,18)/t13-/m0/s1. The molecule has 0 saturated carbocycles. The number of aliphatic carboxylic acids is 1. The largest absolute Gasteiger partial charge is 0.508 e. The number of aromatic hydroxyl groups is 2. The number of unbranched alkanes of at least 4 members (excludes halogenated alkanes) is 1. The third-order valence-corrected chi connectivity index (χ3v) is 2.97. The molecule has 0 unspecified atom stereocenters. The summed E-state index contributed by atoms with van der Waals surface area (Å²) < 4.78 is 0. The highest BCUT2D eigenvalue weighted by Crippen LogP contribution is 2.27. The Labute approximate surface area is 106 Å². The normalized spacial score (nSPS) is 14.1. The van der Waals surface area contributed by atoms with Crippen molar-refractivity contribution in [2.75, 3.05) is 0 Å². The van der Waals surface area contributed by atoms with Crippen LogP contribution >= 0.6 is 0 Å². The zero-order valence-corrected chi connectivity index (χ0v) is 10.4. The molecule has 1 aromatic carbocycles. The molecule has 1 rings (SSSR count). The van der Waals surface area contributed by atoms with E-state index >= 15 is 0 Å². The van der Waals surface area contributed by atoms with Crippen molar-refractivity contribution in [1.29, 1.82) is 0 Å². The summed E-state index contributed by atoms with van der Waals surface area (Å²) in [6.07, 6.45) is 1.86. The van der Waals surface area contributed by atoms with Crippen LogP contribution in [0, 0.1) is 0 Å². The Kier molecular flexibility index (Phi) is 4.55. The summed E-state index contributed by atoms with van der Waals surface area (Å²) in [5, 5.41) is 28.2. The van der Waals surface area contributed by atoms with Gasteiger partial charge >= 0.3 is 5.97 Å². The van der Waals surface area contributed by atoms with Crippen LogP contribution in [0.15, 0.2) is 18.2 Å². The molecule has 5 heteroatoms. The third-order valence-electron chi connectivity index (χ3n) is 2.97. The van der Waals surface area contributed by atoms with Crippen LogP contribution in [0.3, 0.4) is 0 Å². The number of hydrogen-bond acceptors (Lipinski definition) is 4. The van der Waals surface area contributed by atoms with Crippen molar-refractivity contribution in [1.82, 2.24) is 0 Å². The number of phenolic OH excluding ortho intramolecular Hbond substituents is 2. The van der Waals surface area contributed by atoms with E-state index in [0.717, 1.165) is 6.42 Å². The molecule has 0 aromatic heterocycles. The summed E-state index contributed by atoms with van der Waals surface area (Å²) in [6, 6.07) is 4.00. The van der Waals surface area contributed by atoms with E-state index in [1.807, 2.05) is 6.92 Å². The van der Waals surface area contributed by atoms with Crippen molar-refractivity contribution in [2.24, 2.45) is 5.73 Å². The topological polar surface area (TPSA) is 104 Å². The predicted octanol–water partition coefficient (Wildman–Crippen LogP) is 1.61. The van der Waals surface area contributed by atoms with E-state index in [9.17, 15) is 20.1 Å². The molecule has 0 amide bonds. The second-order valence-corrected chi connectivity index (χ2v) is 4.55. The van der Waals surface area contributed by atoms with Gasteiger partial charge in [0.05, 0.1) is 0 Å². The molecule has 0 aliphatic rings. The molecular formula is C13H19NO4. The first-order chi connectivity index (χ1) is 8.39. The van der Waals surface area contributed by atoms with E-state index in [0.29, 0.717) is 18.4 Å². The smallest absolute Gasteiger partial charge is 0.324 e. The highest BCUT2D eigenvalue weighted by Gasteiger charge is 2.34. The van der Waals surface area contributed by atoms with Gasteiger partial charge < -0.3 is 21.1 Å². The number of nitrogens with two attached hydrogens (primary N) is 1. The lowest BCUT2D eigenvalue weighted by Gasteiger charge is -2.25. The summed E-state index contributed by atoms with van der Waals surface area (Å²) in [7, 11) is 0. The van der Waals surface area contributed by atoms with Crippen molar-refractivity contribution in [2.45, 2.75) is 38.1 Å². The zero-order valence-electron chi connectivity index (χ0n) is 10.4. The van der Waals surface area contributed by atoms with Crippen LogP contribution in [0.1, 0.15) is 31.7 Å². The van der Waals surface area contributed by atoms with Gasteiger partial charge in [-0.1, -0.05) is 19.8 Å². The van der Waals surface area contributed by atoms with Crippen molar-refractivity contribution in [3.63, 3.8) is 0 Å². The number of phenols is 2. The van der Waals surface area contributed by atoms with Gasteiger partial charge in [-0.25, -0.2) is 0 Å². The Morgan fingerprint density at radius 1 is 1.39 bits per heavy atom. The minimum atomic E-state index is -1.42. The van der Waals surface area contributed by atoms with Crippen LogP contribution in [0.4, 0.5) is 0 Å². The Balaban J connectivity index is 2.96. The van der Waals surface area contributed by atoms with Gasteiger partial charge in [0.15, 0.2) is 0 Å². The average molecular weight is 253 g/mol. The molecule has 0 aliphatic heterocycles. The predicted molar refractivity (Wildman–Crippen MR) is 67.6 cm³/mol. The molecule has 0 saturated heterocycles. The van der Waals surface area contributed by atoms with Gasteiger partial charge in [-0.05, 0) is 30.2 Å². The van der Waals surface area contributed by atoms with Crippen LogP contribution in [0.2, 0.25) is 0 Å². The fourth-order valence-corrected chi connectivity index (χ4v) is 1.82. The number of benzene rings is 1. The summed E-state index contributed by atoms with van der Waals surface area (Å²) in [5.41, 5.74) is 4.81. The quantitative estimate of drug-likeness (QED) is 0.577. The molecule has 1 aromatic rings. The molecule has 0 radical (unpaired) electrons. The van der Waals surface area contributed by atoms with Crippen molar-refractivity contribution in [3.05, 3.63) is 23.8 Å². The van der Waals surface area contributed by atoms with Crippen LogP contribution < -0.4 is 5.73 Å². The molecular weight excluding hydrogens is 234 g/mol. The fraction of sp³-hybridized carbons (Fsp3) is 0.462. The molecule has 0 spiro atoms. The third kappa shape index (κ3) is 3.37. The van der Waals surface area contributed by atoms with Gasteiger partial charge in [-0.15, -0.1) is 0 Å². The summed E-state index contributed by atoms with van der Waals surface area (Å²) >= 11 is 0. The first-order valence-corrected chi connectivity index (χ1v) is 5.92. The van der Waals surface area contributed by atoms with Crippen LogP contribution in [0.5, 0.6) is 11.5 Å². The van der Waals surface area contributed by atoms with Gasteiger partial charge in [0.2, 0.25) is 0 Å². The molecule has 0 fully saturated rings. The van der Waals surface area contributed by atoms with Gasteiger partial charge in [-0.3, -0.25) is 4.79 Å². The first-order valence-electron chi connectivity index (χ1n) is 5.92. The monoisotopic (exact) mass is 253 g/mol. The van der Waals surface area contributed by atoms with Crippen molar-refractivity contribution < 1.29 is 20.1 Å². The minimum absolute atomic E-state index is 0.0113. The average Bonchev–Trinajstić information content (AvgIpc) is 2.31. The lowest BCUT2D eigenvalue weighted by atomic mass is 9.86. The second kappa shape index (κ2) is 5.73. The molecule has 0 heterocycles. The fourth-order valence-electron chi connectivity index (χ4n) is 1.82. The number of carboxylic acids is 1. The SMILES string of the molecule is CCCC[C@](N)(Cc1cc(O)ccc1O)C(=O)O. The van der Waals surface area contributed by atoms with Gasteiger partial charge in [0.1, 0.15) is 17.0 Å². The van der Waals surface area contributed by atoms with E-state index in [4.69, 9.17) is 5.73 Å². The summed E-state index contributed by atoms with van der Waals surface area (Å²) in [4.78, 5) is 11.3. The van der Waals surface area contributed by atoms with Crippen LogP contribution in [-0.4, -0.2) is 26.8 Å². The molecule has 5 nitrogen and oxygen atoms in total. The van der Waals surface area contributed by atoms with Crippen molar-refractivity contribution >= 4 is 5.97 Å². The molecule has 18 heavy (non-hydrogen) atoms. The van der Waals surface area contributed by atoms with Crippen molar-refractivity contribution in [3.8, 4) is 11.5 Å². The molecule has 5 N–H and O–H groups in total. The van der Waals surface area contributed by atoms with Gasteiger partial charge in [0, 0.05) is 6.42 Å². The first kappa shape index (κ1) is 14.3. The van der Waals surface area contributed by atoms with Gasteiger partial charge in [0.25, 0.3) is 0 Å². The van der Waals surface area contributed by atoms with E-state index < -0.39 is 11.5 Å². The Bertz CT molecular complexity index is 433. The lowest BCUT2D eigenvalue weighted by molar-refractivity contribution is -0.143. The van der Waals surface area contributed by atoms with Gasteiger partial charge in [-0.2, -0.15) is 0 Å². The number of carbonyl (C=O) groups is 1. The van der Waals surface area contributed by atoms with E-state index in [1.54, 1.807) is 0 Å². The second-order valence-electron chi connectivity index (χ2n) is 4.55. The maximum atomic E-state index is 11.3. The molecule has 0 aliphatic carbocycles. The Morgan fingerprint density at radius 3 is 2.61 bits per heavy atom. The maximum absolute atomic E-state index is 11.3. The molecule has 1 atom stereocenters. The number of rotatable bonds is 6. The van der Waals surface area contributed by atoms with E-state index in [2.05, 4.69) is 0 Å². The van der Waals surface area contributed by atoms with Crippen LogP contribution in [0.25, 0.3) is 0 Å². The van der Waals surface area contributed by atoms with E-state index in [-0.39, 0.29) is 17.9 Å². The highest BCUT2D eigenvalue weighted by atomic mass is 16.4. The molecule has 100 valence electrons. The highest BCUT2D eigenvalue weighted by molar-refractivity contribution is 5.79. The molecule has 0 bridgehead atoms. The Morgan fingerprint density at radius 2 is 2.06 bits per heavy atom. The summed E-state index contributed by atoms with van der Waals surface area (Å²) in [5.74, 6) is -1.18. The summed E-state index contributed by atoms with van der Waals surface area (Å²) in [6.45, 7) is 1.95. The number of hydrogen-bond donors (Lipinski definition) is 4. The van der Waals surface area contributed by atoms with Crippen LogP contribution in [-0.2, 0) is 11.2 Å². The Hall–Kier alpha value is -1.75. The maximum Gasteiger partial charge on any atom is 0.324 e. The lowest BCUT2D eigenvalue weighted by Crippen LogP contribution is -2.49. The number of carboxylic acid groups (broad SMARTS) is 1. The zero-order chi connectivity index (χ0) is 13.8. The minimum Gasteiger partial charge on any atom is -0.508 e.